The number of allylic oxidation sites excluding steroid dienone is 6. The number of carbonyl (C=O) groups excluding carboxylic acids is 1. The highest BCUT2D eigenvalue weighted by molar-refractivity contribution is 5.99. The van der Waals surface area contributed by atoms with E-state index in [-0.39, 0.29) is 11.6 Å². The van der Waals surface area contributed by atoms with Crippen molar-refractivity contribution in [1.82, 2.24) is 4.90 Å². The Morgan fingerprint density at radius 1 is 1.28 bits per heavy atom. The molecule has 0 amide bonds. The van der Waals surface area contributed by atoms with Crippen molar-refractivity contribution in [2.75, 3.05) is 7.05 Å². The van der Waals surface area contributed by atoms with Gasteiger partial charge in [-0.3, -0.25) is 4.79 Å². The highest BCUT2D eigenvalue weighted by Gasteiger charge is 2.18. The second-order valence-electron chi connectivity index (χ2n) is 6.09. The summed E-state index contributed by atoms with van der Waals surface area (Å²) in [5.74, 6) is -0.186. The van der Waals surface area contributed by atoms with Crippen LogP contribution < -0.4 is 0 Å². The van der Waals surface area contributed by atoms with Gasteiger partial charge in [-0.1, -0.05) is 37.4 Å². The molecule has 0 aliphatic heterocycles. The number of hydrogen-bond acceptors (Lipinski definition) is 2. The molecule has 0 radical (unpaired) electrons. The molecule has 1 saturated carbocycles. The van der Waals surface area contributed by atoms with Crippen molar-refractivity contribution in [3.8, 4) is 0 Å². The first-order valence-corrected chi connectivity index (χ1v) is 8.38. The van der Waals surface area contributed by atoms with Gasteiger partial charge in [0.15, 0.2) is 5.78 Å². The molecule has 130 valence electrons. The highest BCUT2D eigenvalue weighted by atomic mass is 19.1. The average Bonchev–Trinajstić information content (AvgIpc) is 2.58. The van der Waals surface area contributed by atoms with Gasteiger partial charge in [0, 0.05) is 36.5 Å². The minimum absolute atomic E-state index is 0.109. The number of nitrogens with zero attached hydrogens (tertiary/aromatic N) is 1. The minimum atomic E-state index is -0.296. The Balaban J connectivity index is 2.30. The van der Waals surface area contributed by atoms with Crippen LogP contribution in [0.25, 0.3) is 5.57 Å². The Labute approximate surface area is 149 Å². The Morgan fingerprint density at radius 3 is 2.68 bits per heavy atom. The number of likely N-dealkylation sites (N-methyl/N-ethyl adjacent to an activating group) is 1. The fraction of sp³-hybridized carbons (Fsp3) is 0.227. The van der Waals surface area contributed by atoms with Crippen LogP contribution in [0.4, 0.5) is 4.39 Å². The molecule has 0 atom stereocenters. The summed E-state index contributed by atoms with van der Waals surface area (Å²) >= 11 is 0. The van der Waals surface area contributed by atoms with Gasteiger partial charge in [-0.05, 0) is 49.1 Å². The second-order valence-corrected chi connectivity index (χ2v) is 6.09. The lowest BCUT2D eigenvalue weighted by Gasteiger charge is -2.22. The Kier molecular flexibility index (Phi) is 6.29. The maximum atomic E-state index is 14.0. The van der Waals surface area contributed by atoms with Gasteiger partial charge in [0.05, 0.1) is 0 Å². The molecule has 2 nitrogen and oxygen atoms in total. The van der Waals surface area contributed by atoms with E-state index in [9.17, 15) is 9.18 Å². The molecule has 0 unspecified atom stereocenters. The third-order valence-electron chi connectivity index (χ3n) is 4.21. The van der Waals surface area contributed by atoms with E-state index in [1.807, 2.05) is 43.3 Å². The Bertz CT molecular complexity index is 783. The summed E-state index contributed by atoms with van der Waals surface area (Å²) in [5, 5.41) is 0. The normalized spacial score (nSPS) is 17.4. The van der Waals surface area contributed by atoms with Crippen molar-refractivity contribution in [3.05, 3.63) is 90.1 Å². The molecule has 0 heterocycles. The van der Waals surface area contributed by atoms with Gasteiger partial charge < -0.3 is 4.90 Å². The van der Waals surface area contributed by atoms with E-state index in [4.69, 9.17) is 0 Å². The topological polar surface area (TPSA) is 20.3 Å². The first kappa shape index (κ1) is 18.7. The lowest BCUT2D eigenvalue weighted by Crippen LogP contribution is -2.15. The van der Waals surface area contributed by atoms with Crippen LogP contribution >= 0.6 is 0 Å². The molecule has 0 N–H and O–H groups in total. The van der Waals surface area contributed by atoms with Crippen molar-refractivity contribution in [2.24, 2.45) is 0 Å². The summed E-state index contributed by atoms with van der Waals surface area (Å²) in [4.78, 5) is 13.8. The molecule has 0 aromatic heterocycles. The number of carbonyl (C=O) groups is 1. The fourth-order valence-corrected chi connectivity index (χ4v) is 2.79. The quantitative estimate of drug-likeness (QED) is 0.528. The number of halogens is 1. The number of ketones is 1. The number of rotatable bonds is 5. The number of Topliss-reactive ketones (excluding diaryl/α,β-unsaturated/α-hetero) is 1. The Morgan fingerprint density at radius 2 is 2.00 bits per heavy atom. The van der Waals surface area contributed by atoms with Crippen LogP contribution in [0.2, 0.25) is 0 Å². The second kappa shape index (κ2) is 8.43. The maximum Gasteiger partial charge on any atom is 0.162 e. The third kappa shape index (κ3) is 4.66. The van der Waals surface area contributed by atoms with Crippen molar-refractivity contribution in [3.63, 3.8) is 0 Å². The van der Waals surface area contributed by atoms with Crippen LogP contribution in [0.1, 0.15) is 31.7 Å². The standard InChI is InChI=1S/C22H24FNO/c1-5-9-19(14-16(2)20-11-6-7-12-21(20)23)24(4)15-18-10-8-13-22(25)17(18)3/h5-7,9,11-12,14-15H,2-3,8,10,13H2,1,4H3/b9-5-,18-15-,19-14+. The first-order chi connectivity index (χ1) is 11.9. The molecule has 25 heavy (non-hydrogen) atoms. The molecular weight excluding hydrogens is 313 g/mol. The van der Waals surface area contributed by atoms with Crippen molar-refractivity contribution < 1.29 is 9.18 Å². The van der Waals surface area contributed by atoms with Gasteiger partial charge in [0.25, 0.3) is 0 Å². The molecule has 1 fully saturated rings. The highest BCUT2D eigenvalue weighted by Crippen LogP contribution is 2.26. The smallest absolute Gasteiger partial charge is 0.162 e. The summed E-state index contributed by atoms with van der Waals surface area (Å²) in [6.45, 7) is 9.82. The van der Waals surface area contributed by atoms with Crippen molar-refractivity contribution >= 4 is 11.4 Å². The van der Waals surface area contributed by atoms with E-state index in [0.29, 0.717) is 23.1 Å². The molecule has 2 rings (SSSR count). The van der Waals surface area contributed by atoms with Crippen LogP contribution in [0.15, 0.2) is 78.7 Å². The average molecular weight is 337 g/mol. The van der Waals surface area contributed by atoms with E-state index >= 15 is 0 Å². The van der Waals surface area contributed by atoms with Gasteiger partial charge in [0.1, 0.15) is 5.82 Å². The zero-order valence-corrected chi connectivity index (χ0v) is 14.9. The third-order valence-corrected chi connectivity index (χ3v) is 4.21. The van der Waals surface area contributed by atoms with Crippen molar-refractivity contribution in [1.29, 1.82) is 0 Å². The van der Waals surface area contributed by atoms with Crippen LogP contribution in [0.5, 0.6) is 0 Å². The lowest BCUT2D eigenvalue weighted by atomic mass is 9.90. The molecule has 1 aliphatic carbocycles. The molecule has 0 saturated heterocycles. The largest absolute Gasteiger partial charge is 0.351 e. The molecular formula is C22H24FNO. The van der Waals surface area contributed by atoms with Crippen LogP contribution in [0.3, 0.4) is 0 Å². The SMILES string of the molecule is C=C1C(=O)CCC/C1=C/N(C)C(/C=C\C)=C/C(=C)c1ccccc1F. The zero-order valence-electron chi connectivity index (χ0n) is 14.9. The molecule has 0 spiro atoms. The molecule has 3 heteroatoms. The summed E-state index contributed by atoms with van der Waals surface area (Å²) in [6, 6.07) is 6.58. The summed E-state index contributed by atoms with van der Waals surface area (Å²) < 4.78 is 14.0. The number of benzene rings is 1. The van der Waals surface area contributed by atoms with E-state index < -0.39 is 0 Å². The van der Waals surface area contributed by atoms with E-state index in [1.54, 1.807) is 18.2 Å². The van der Waals surface area contributed by atoms with E-state index in [0.717, 1.165) is 24.1 Å². The molecule has 1 aliphatic rings. The molecule has 1 aromatic rings. The predicted octanol–water partition coefficient (Wildman–Crippen LogP) is 5.42. The fourth-order valence-electron chi connectivity index (χ4n) is 2.79. The van der Waals surface area contributed by atoms with Gasteiger partial charge in [-0.2, -0.15) is 0 Å². The monoisotopic (exact) mass is 337 g/mol. The minimum Gasteiger partial charge on any atom is -0.351 e. The van der Waals surface area contributed by atoms with Crippen molar-refractivity contribution in [2.45, 2.75) is 26.2 Å². The van der Waals surface area contributed by atoms with Gasteiger partial charge >= 0.3 is 0 Å². The van der Waals surface area contributed by atoms with Gasteiger partial charge in [-0.15, -0.1) is 0 Å². The summed E-state index contributed by atoms with van der Waals surface area (Å²) in [6.07, 6.45) is 9.87. The Hall–Kier alpha value is -2.68. The van der Waals surface area contributed by atoms with Crippen LogP contribution in [-0.2, 0) is 4.79 Å². The van der Waals surface area contributed by atoms with Gasteiger partial charge in [0.2, 0.25) is 0 Å². The zero-order chi connectivity index (χ0) is 18.4. The number of hydrogen-bond donors (Lipinski definition) is 0. The first-order valence-electron chi connectivity index (χ1n) is 8.38. The maximum absolute atomic E-state index is 14.0. The van der Waals surface area contributed by atoms with Crippen LogP contribution in [0, 0.1) is 5.82 Å². The molecule has 0 bridgehead atoms. The summed E-state index contributed by atoms with van der Waals surface area (Å²) in [5.41, 5.74) is 3.46. The van der Waals surface area contributed by atoms with Gasteiger partial charge in [-0.25, -0.2) is 4.39 Å². The van der Waals surface area contributed by atoms with E-state index in [2.05, 4.69) is 13.2 Å². The lowest BCUT2D eigenvalue weighted by molar-refractivity contribution is -0.115. The summed E-state index contributed by atoms with van der Waals surface area (Å²) in [7, 11) is 1.90. The van der Waals surface area contributed by atoms with Crippen LogP contribution in [-0.4, -0.2) is 17.7 Å². The molecule has 1 aromatic carbocycles. The predicted molar refractivity (Wildman–Crippen MR) is 102 cm³/mol. The van der Waals surface area contributed by atoms with E-state index in [1.165, 1.54) is 6.07 Å².